The second kappa shape index (κ2) is 6.17. The van der Waals surface area contributed by atoms with Crippen LogP contribution >= 0.6 is 0 Å². The molecule has 0 amide bonds. The van der Waals surface area contributed by atoms with Crippen LogP contribution in [0.1, 0.15) is 40.0 Å². The van der Waals surface area contributed by atoms with Crippen LogP contribution in [0.4, 0.5) is 0 Å². The summed E-state index contributed by atoms with van der Waals surface area (Å²) in [6.07, 6.45) is 4.82. The van der Waals surface area contributed by atoms with Crippen molar-refractivity contribution in [2.75, 3.05) is 19.7 Å². The van der Waals surface area contributed by atoms with Crippen molar-refractivity contribution < 1.29 is 9.47 Å². The van der Waals surface area contributed by atoms with Crippen molar-refractivity contribution in [3.63, 3.8) is 0 Å². The molecular formula is C14H27NO2. The van der Waals surface area contributed by atoms with Crippen molar-refractivity contribution in [1.29, 1.82) is 0 Å². The molecule has 1 aliphatic carbocycles. The summed E-state index contributed by atoms with van der Waals surface area (Å²) in [5, 5.41) is 3.38. The lowest BCUT2D eigenvalue weighted by Gasteiger charge is -2.34. The van der Waals surface area contributed by atoms with Gasteiger partial charge in [-0.3, -0.25) is 0 Å². The molecule has 3 nitrogen and oxygen atoms in total. The van der Waals surface area contributed by atoms with Gasteiger partial charge in [-0.25, -0.2) is 0 Å². The van der Waals surface area contributed by atoms with Crippen molar-refractivity contribution in [1.82, 2.24) is 5.32 Å². The summed E-state index contributed by atoms with van der Waals surface area (Å²) in [5.74, 6) is 1.63. The van der Waals surface area contributed by atoms with Crippen LogP contribution in [0, 0.1) is 11.8 Å². The van der Waals surface area contributed by atoms with Crippen LogP contribution in [0.15, 0.2) is 0 Å². The van der Waals surface area contributed by atoms with E-state index in [9.17, 15) is 0 Å². The Morgan fingerprint density at radius 3 is 2.41 bits per heavy atom. The average Bonchev–Trinajstić information content (AvgIpc) is 2.25. The van der Waals surface area contributed by atoms with Gasteiger partial charge in [0.25, 0.3) is 0 Å². The van der Waals surface area contributed by atoms with Crippen LogP contribution in [-0.4, -0.2) is 38.0 Å². The molecule has 1 N–H and O–H groups in total. The van der Waals surface area contributed by atoms with Crippen molar-refractivity contribution in [2.45, 2.75) is 58.3 Å². The largest absolute Gasteiger partial charge is 0.375 e. The summed E-state index contributed by atoms with van der Waals surface area (Å²) in [5.41, 5.74) is 0. The van der Waals surface area contributed by atoms with Gasteiger partial charge in [0.15, 0.2) is 0 Å². The van der Waals surface area contributed by atoms with Gasteiger partial charge in [-0.2, -0.15) is 0 Å². The maximum absolute atomic E-state index is 6.05. The first-order valence-corrected chi connectivity index (χ1v) is 7.11. The molecule has 1 saturated carbocycles. The second-order valence-corrected chi connectivity index (χ2v) is 6.10. The minimum absolute atomic E-state index is 0.242. The van der Waals surface area contributed by atoms with Crippen LogP contribution in [-0.2, 0) is 9.47 Å². The van der Waals surface area contributed by atoms with E-state index in [4.69, 9.17) is 9.47 Å². The zero-order valence-corrected chi connectivity index (χ0v) is 11.4. The molecule has 0 aromatic carbocycles. The Labute approximate surface area is 105 Å². The Hall–Kier alpha value is -0.120. The number of hydrogen-bond donors (Lipinski definition) is 1. The summed E-state index contributed by atoms with van der Waals surface area (Å²) >= 11 is 0. The Morgan fingerprint density at radius 1 is 1.06 bits per heavy atom. The highest BCUT2D eigenvalue weighted by atomic mass is 16.5. The normalized spacial score (nSPS) is 43.6. The molecule has 2 aliphatic rings. The van der Waals surface area contributed by atoms with E-state index in [2.05, 4.69) is 26.1 Å². The molecule has 0 aromatic heterocycles. The second-order valence-electron chi connectivity index (χ2n) is 6.10. The predicted molar refractivity (Wildman–Crippen MR) is 69.1 cm³/mol. The van der Waals surface area contributed by atoms with E-state index in [0.29, 0.717) is 12.2 Å². The number of morpholine rings is 1. The Kier molecular flexibility index (Phi) is 4.83. The van der Waals surface area contributed by atoms with Gasteiger partial charge in [0, 0.05) is 13.1 Å². The van der Waals surface area contributed by atoms with E-state index < -0.39 is 0 Å². The van der Waals surface area contributed by atoms with Crippen LogP contribution in [0.5, 0.6) is 0 Å². The van der Waals surface area contributed by atoms with E-state index in [1.165, 1.54) is 19.3 Å². The third-order valence-electron chi connectivity index (χ3n) is 3.88. The SMILES string of the molecule is CC1CC(C)CC(OCC2CNCC(C)O2)C1. The first-order valence-electron chi connectivity index (χ1n) is 7.11. The minimum atomic E-state index is 0.242. The van der Waals surface area contributed by atoms with Crippen LogP contribution < -0.4 is 5.32 Å². The van der Waals surface area contributed by atoms with Gasteiger partial charge in [0.2, 0.25) is 0 Å². The zero-order chi connectivity index (χ0) is 12.3. The predicted octanol–water partition coefficient (Wildman–Crippen LogP) is 2.20. The first-order chi connectivity index (χ1) is 8.13. The molecule has 100 valence electrons. The molecule has 1 heterocycles. The number of nitrogens with one attached hydrogen (secondary N) is 1. The fourth-order valence-electron chi connectivity index (χ4n) is 3.22. The number of rotatable bonds is 3. The average molecular weight is 241 g/mol. The zero-order valence-electron chi connectivity index (χ0n) is 11.4. The Morgan fingerprint density at radius 2 is 1.76 bits per heavy atom. The van der Waals surface area contributed by atoms with Crippen LogP contribution in [0.25, 0.3) is 0 Å². The van der Waals surface area contributed by atoms with Gasteiger partial charge < -0.3 is 14.8 Å². The highest BCUT2D eigenvalue weighted by molar-refractivity contribution is 4.77. The molecule has 0 radical (unpaired) electrons. The number of ether oxygens (including phenoxy) is 2. The minimum Gasteiger partial charge on any atom is -0.375 e. The highest BCUT2D eigenvalue weighted by Crippen LogP contribution is 2.30. The molecule has 4 unspecified atom stereocenters. The van der Waals surface area contributed by atoms with E-state index in [1.54, 1.807) is 0 Å². The van der Waals surface area contributed by atoms with Crippen molar-refractivity contribution in [3.8, 4) is 0 Å². The lowest BCUT2D eigenvalue weighted by atomic mass is 9.82. The van der Waals surface area contributed by atoms with E-state index in [-0.39, 0.29) is 6.10 Å². The fourth-order valence-corrected chi connectivity index (χ4v) is 3.22. The number of hydrogen-bond acceptors (Lipinski definition) is 3. The van der Waals surface area contributed by atoms with E-state index >= 15 is 0 Å². The van der Waals surface area contributed by atoms with Crippen molar-refractivity contribution in [3.05, 3.63) is 0 Å². The van der Waals surface area contributed by atoms with E-state index in [1.807, 2.05) is 0 Å². The standard InChI is InChI=1S/C14H27NO2/c1-10-4-11(2)6-13(5-10)16-9-14-8-15-7-12(3)17-14/h10-15H,4-9H2,1-3H3. The summed E-state index contributed by atoms with van der Waals surface area (Å²) in [6.45, 7) is 9.45. The molecule has 4 atom stereocenters. The molecule has 1 aliphatic heterocycles. The van der Waals surface area contributed by atoms with Crippen molar-refractivity contribution in [2.24, 2.45) is 11.8 Å². The van der Waals surface area contributed by atoms with Gasteiger partial charge in [0.05, 0.1) is 24.9 Å². The molecule has 0 aromatic rings. The molecule has 2 rings (SSSR count). The van der Waals surface area contributed by atoms with Crippen molar-refractivity contribution >= 4 is 0 Å². The molecule has 0 spiro atoms. The highest BCUT2D eigenvalue weighted by Gasteiger charge is 2.26. The molecule has 17 heavy (non-hydrogen) atoms. The summed E-state index contributed by atoms with van der Waals surface area (Å²) in [4.78, 5) is 0. The van der Waals surface area contributed by atoms with Crippen LogP contribution in [0.3, 0.4) is 0 Å². The van der Waals surface area contributed by atoms with Crippen LogP contribution in [0.2, 0.25) is 0 Å². The van der Waals surface area contributed by atoms with Gasteiger partial charge >= 0.3 is 0 Å². The monoisotopic (exact) mass is 241 g/mol. The van der Waals surface area contributed by atoms with Gasteiger partial charge in [-0.1, -0.05) is 13.8 Å². The molecular weight excluding hydrogens is 214 g/mol. The smallest absolute Gasteiger partial charge is 0.0936 e. The molecule has 2 fully saturated rings. The summed E-state index contributed by atoms with van der Waals surface area (Å²) in [7, 11) is 0. The summed E-state index contributed by atoms with van der Waals surface area (Å²) < 4.78 is 11.9. The van der Waals surface area contributed by atoms with Gasteiger partial charge in [-0.15, -0.1) is 0 Å². The lowest BCUT2D eigenvalue weighted by molar-refractivity contribution is -0.0958. The quantitative estimate of drug-likeness (QED) is 0.821. The maximum atomic E-state index is 6.05. The Bertz CT molecular complexity index is 224. The molecule has 3 heteroatoms. The maximum Gasteiger partial charge on any atom is 0.0936 e. The molecule has 0 bridgehead atoms. The van der Waals surface area contributed by atoms with E-state index in [0.717, 1.165) is 31.5 Å². The van der Waals surface area contributed by atoms with Gasteiger partial charge in [-0.05, 0) is 38.0 Å². The lowest BCUT2D eigenvalue weighted by Crippen LogP contribution is -2.46. The third kappa shape index (κ3) is 4.23. The third-order valence-corrected chi connectivity index (χ3v) is 3.88. The molecule has 1 saturated heterocycles. The fraction of sp³-hybridized carbons (Fsp3) is 1.00. The Balaban J connectivity index is 1.70. The topological polar surface area (TPSA) is 30.5 Å². The van der Waals surface area contributed by atoms with Gasteiger partial charge in [0.1, 0.15) is 0 Å². The summed E-state index contributed by atoms with van der Waals surface area (Å²) in [6, 6.07) is 0. The first kappa shape index (κ1) is 13.3.